The van der Waals surface area contributed by atoms with E-state index < -0.39 is 18.0 Å². The van der Waals surface area contributed by atoms with Gasteiger partial charge in [0.2, 0.25) is 0 Å². The van der Waals surface area contributed by atoms with Crippen LogP contribution in [-0.4, -0.2) is 39.3 Å². The number of hydrogen-bond acceptors (Lipinski definition) is 6. The van der Waals surface area contributed by atoms with Crippen LogP contribution < -0.4 is 19.5 Å². The van der Waals surface area contributed by atoms with E-state index in [0.717, 1.165) is 11.1 Å². The molecule has 0 bridgehead atoms. The molecule has 28 heavy (non-hydrogen) atoms. The fourth-order valence-electron chi connectivity index (χ4n) is 2.57. The first kappa shape index (κ1) is 21.1. The summed E-state index contributed by atoms with van der Waals surface area (Å²) in [6.45, 7) is 5.49. The molecular formula is C21H25NO6. The summed E-state index contributed by atoms with van der Waals surface area (Å²) in [5.41, 5.74) is 2.34. The summed E-state index contributed by atoms with van der Waals surface area (Å²) in [4.78, 5) is 24.8. The fourth-order valence-corrected chi connectivity index (χ4v) is 2.57. The van der Waals surface area contributed by atoms with Crippen molar-refractivity contribution in [2.24, 2.45) is 0 Å². The Morgan fingerprint density at radius 3 is 2.18 bits per heavy atom. The van der Waals surface area contributed by atoms with Gasteiger partial charge in [-0.15, -0.1) is 0 Å². The van der Waals surface area contributed by atoms with Crippen LogP contribution in [0.4, 0.5) is 5.69 Å². The number of amides is 1. The van der Waals surface area contributed by atoms with Crippen molar-refractivity contribution in [3.05, 3.63) is 47.0 Å². The molecule has 0 aromatic heterocycles. The highest BCUT2D eigenvalue weighted by atomic mass is 16.5. The zero-order valence-electron chi connectivity index (χ0n) is 16.9. The third-order valence-electron chi connectivity index (χ3n) is 4.20. The van der Waals surface area contributed by atoms with Crippen molar-refractivity contribution in [3.63, 3.8) is 0 Å². The number of nitrogens with one attached hydrogen (secondary N) is 1. The highest BCUT2D eigenvalue weighted by molar-refractivity contribution is 6.03. The number of rotatable bonds is 7. The van der Waals surface area contributed by atoms with Crippen LogP contribution in [0.15, 0.2) is 30.3 Å². The van der Waals surface area contributed by atoms with Gasteiger partial charge in [0.05, 0.1) is 32.6 Å². The van der Waals surface area contributed by atoms with Crippen LogP contribution in [0.25, 0.3) is 0 Å². The summed E-state index contributed by atoms with van der Waals surface area (Å²) in [6, 6.07) is 8.73. The molecule has 0 saturated carbocycles. The van der Waals surface area contributed by atoms with E-state index in [1.165, 1.54) is 33.5 Å². The zero-order chi connectivity index (χ0) is 20.8. The van der Waals surface area contributed by atoms with Gasteiger partial charge in [0.25, 0.3) is 5.91 Å². The van der Waals surface area contributed by atoms with Crippen LogP contribution in [0, 0.1) is 13.8 Å². The quantitative estimate of drug-likeness (QED) is 0.732. The molecule has 0 saturated heterocycles. The molecule has 2 rings (SSSR count). The lowest BCUT2D eigenvalue weighted by atomic mass is 10.1. The second-order valence-corrected chi connectivity index (χ2v) is 6.26. The summed E-state index contributed by atoms with van der Waals surface area (Å²) in [5.74, 6) is 0.315. The second-order valence-electron chi connectivity index (χ2n) is 6.26. The van der Waals surface area contributed by atoms with Crippen LogP contribution in [0.2, 0.25) is 0 Å². The van der Waals surface area contributed by atoms with Gasteiger partial charge in [-0.05, 0) is 38.0 Å². The number of esters is 1. The highest BCUT2D eigenvalue weighted by Crippen LogP contribution is 2.34. The van der Waals surface area contributed by atoms with E-state index in [-0.39, 0.29) is 11.3 Å². The molecule has 150 valence electrons. The van der Waals surface area contributed by atoms with Crippen molar-refractivity contribution in [2.45, 2.75) is 26.9 Å². The Bertz CT molecular complexity index is 877. The maximum atomic E-state index is 12.7. The molecule has 1 N–H and O–H groups in total. The molecule has 0 aliphatic heterocycles. The highest BCUT2D eigenvalue weighted by Gasteiger charge is 2.22. The number of benzene rings is 2. The van der Waals surface area contributed by atoms with Gasteiger partial charge >= 0.3 is 5.97 Å². The van der Waals surface area contributed by atoms with Gasteiger partial charge < -0.3 is 24.3 Å². The Balaban J connectivity index is 2.28. The average molecular weight is 387 g/mol. The monoisotopic (exact) mass is 387 g/mol. The number of carbonyl (C=O) groups is 2. The van der Waals surface area contributed by atoms with Crippen LogP contribution in [0.3, 0.4) is 0 Å². The molecule has 0 fully saturated rings. The zero-order valence-corrected chi connectivity index (χ0v) is 16.9. The first-order valence-corrected chi connectivity index (χ1v) is 8.69. The third kappa shape index (κ3) is 4.73. The van der Waals surface area contributed by atoms with Crippen molar-refractivity contribution < 1.29 is 28.5 Å². The summed E-state index contributed by atoms with van der Waals surface area (Å²) < 4.78 is 21.1. The van der Waals surface area contributed by atoms with Crippen molar-refractivity contribution in [3.8, 4) is 17.2 Å². The number of carbonyl (C=O) groups excluding carboxylic acids is 2. The molecule has 0 heterocycles. The van der Waals surface area contributed by atoms with Crippen LogP contribution in [0.1, 0.15) is 28.4 Å². The van der Waals surface area contributed by atoms with E-state index in [9.17, 15) is 9.59 Å². The van der Waals surface area contributed by atoms with Gasteiger partial charge in [0.15, 0.2) is 17.6 Å². The molecule has 0 aliphatic rings. The normalized spacial score (nSPS) is 11.4. The topological polar surface area (TPSA) is 83.1 Å². The van der Waals surface area contributed by atoms with Crippen LogP contribution in [0.5, 0.6) is 17.2 Å². The van der Waals surface area contributed by atoms with Crippen LogP contribution >= 0.6 is 0 Å². The Kier molecular flexibility index (Phi) is 6.87. The molecular weight excluding hydrogens is 362 g/mol. The first-order valence-electron chi connectivity index (χ1n) is 8.69. The predicted octanol–water partition coefficient (Wildman–Crippen LogP) is 3.51. The van der Waals surface area contributed by atoms with E-state index in [0.29, 0.717) is 17.2 Å². The molecule has 2 aromatic rings. The Morgan fingerprint density at radius 1 is 0.929 bits per heavy atom. The minimum absolute atomic E-state index is 0.146. The van der Waals surface area contributed by atoms with Gasteiger partial charge in [-0.3, -0.25) is 4.79 Å². The minimum atomic E-state index is -0.793. The largest absolute Gasteiger partial charge is 0.493 e. The summed E-state index contributed by atoms with van der Waals surface area (Å²) in [7, 11) is 4.18. The van der Waals surface area contributed by atoms with Gasteiger partial charge in [0.1, 0.15) is 5.75 Å². The molecule has 0 unspecified atom stereocenters. The molecule has 2 aromatic carbocycles. The lowest BCUT2D eigenvalue weighted by Crippen LogP contribution is -2.31. The van der Waals surface area contributed by atoms with Gasteiger partial charge in [-0.2, -0.15) is 0 Å². The van der Waals surface area contributed by atoms with E-state index >= 15 is 0 Å². The Hall–Kier alpha value is -3.22. The molecule has 0 spiro atoms. The van der Waals surface area contributed by atoms with Crippen molar-refractivity contribution in [2.75, 3.05) is 26.6 Å². The molecule has 0 aliphatic carbocycles. The smallest absolute Gasteiger partial charge is 0.340 e. The second kappa shape index (κ2) is 9.12. The van der Waals surface area contributed by atoms with Crippen molar-refractivity contribution in [1.82, 2.24) is 0 Å². The van der Waals surface area contributed by atoms with Gasteiger partial charge in [0, 0.05) is 12.1 Å². The SMILES string of the molecule is COC(=O)c1cc(OC)c(OC)cc1NC(=O)[C@@H](C)Oc1cc(C)ccc1C. The third-order valence-corrected chi connectivity index (χ3v) is 4.20. The molecule has 1 atom stereocenters. The maximum absolute atomic E-state index is 12.7. The first-order chi connectivity index (χ1) is 13.3. The van der Waals surface area contributed by atoms with E-state index in [1.54, 1.807) is 6.92 Å². The average Bonchev–Trinajstić information content (AvgIpc) is 2.69. The number of ether oxygens (including phenoxy) is 4. The van der Waals surface area contributed by atoms with E-state index in [4.69, 9.17) is 18.9 Å². The number of methoxy groups -OCH3 is 3. The maximum Gasteiger partial charge on any atom is 0.340 e. The number of anilines is 1. The lowest BCUT2D eigenvalue weighted by molar-refractivity contribution is -0.122. The lowest BCUT2D eigenvalue weighted by Gasteiger charge is -2.19. The van der Waals surface area contributed by atoms with Gasteiger partial charge in [-0.25, -0.2) is 4.79 Å². The Labute approximate surface area is 164 Å². The predicted molar refractivity (Wildman–Crippen MR) is 106 cm³/mol. The van der Waals surface area contributed by atoms with Crippen LogP contribution in [-0.2, 0) is 9.53 Å². The summed E-state index contributed by atoms with van der Waals surface area (Å²) >= 11 is 0. The molecule has 0 radical (unpaired) electrons. The molecule has 7 nitrogen and oxygen atoms in total. The van der Waals surface area contributed by atoms with Crippen molar-refractivity contribution >= 4 is 17.6 Å². The van der Waals surface area contributed by atoms with Gasteiger partial charge in [-0.1, -0.05) is 12.1 Å². The standard InChI is InChI=1S/C21H25NO6/c1-12-7-8-13(2)17(9-12)28-14(3)20(23)22-16-11-19(26-5)18(25-4)10-15(16)21(24)27-6/h7-11,14H,1-6H3,(H,22,23)/t14-/m1/s1. The fraction of sp³-hybridized carbons (Fsp3) is 0.333. The summed E-state index contributed by atoms with van der Waals surface area (Å²) in [6.07, 6.45) is -0.793. The number of hydrogen-bond donors (Lipinski definition) is 1. The minimum Gasteiger partial charge on any atom is -0.493 e. The Morgan fingerprint density at radius 2 is 1.57 bits per heavy atom. The number of aryl methyl sites for hydroxylation is 2. The molecule has 1 amide bonds. The van der Waals surface area contributed by atoms with Crippen molar-refractivity contribution in [1.29, 1.82) is 0 Å². The molecule has 7 heteroatoms. The van der Waals surface area contributed by atoms with E-state index in [2.05, 4.69) is 5.32 Å². The summed E-state index contributed by atoms with van der Waals surface area (Å²) in [5, 5.41) is 2.71. The van der Waals surface area contributed by atoms with E-state index in [1.807, 2.05) is 32.0 Å².